The highest BCUT2D eigenvalue weighted by molar-refractivity contribution is 5.70. The third kappa shape index (κ3) is 4.39. The van der Waals surface area contributed by atoms with Crippen LogP contribution in [0.4, 0.5) is 0 Å². The molecule has 0 aromatic rings. The van der Waals surface area contributed by atoms with Crippen LogP contribution in [0, 0.1) is 0 Å². The zero-order valence-electron chi connectivity index (χ0n) is 12.7. The van der Waals surface area contributed by atoms with Crippen molar-refractivity contribution in [1.82, 2.24) is 0 Å². The van der Waals surface area contributed by atoms with Crippen LogP contribution in [0.1, 0.15) is 39.5 Å². The maximum absolute atomic E-state index is 11.6. The normalized spacial score (nSPS) is 35.0. The second-order valence-corrected chi connectivity index (χ2v) is 5.37. The SMILES string of the molecule is CCCC(=O)O[C@@H]1[C@@H](O)[C@@H](O)[C@H](O)[C@H](O)[C@H]1OC(=O)CCC. The molecule has 0 unspecified atom stereocenters. The summed E-state index contributed by atoms with van der Waals surface area (Å²) >= 11 is 0. The topological polar surface area (TPSA) is 134 Å². The quantitative estimate of drug-likeness (QED) is 0.452. The van der Waals surface area contributed by atoms with Crippen LogP contribution in [0.3, 0.4) is 0 Å². The van der Waals surface area contributed by atoms with E-state index in [2.05, 4.69) is 0 Å². The first-order valence-electron chi connectivity index (χ1n) is 7.44. The van der Waals surface area contributed by atoms with Crippen LogP contribution < -0.4 is 0 Å². The number of carbonyl (C=O) groups is 2. The van der Waals surface area contributed by atoms with Crippen LogP contribution >= 0.6 is 0 Å². The standard InChI is InChI=1S/C14H24O8/c1-3-5-7(15)21-13-11(19)9(17)10(18)12(20)14(13)22-8(16)6-4-2/h9-14,17-20H,3-6H2,1-2H3/t9-,10-,11-,12-,13+,14+/m0/s1. The summed E-state index contributed by atoms with van der Waals surface area (Å²) in [6, 6.07) is 0. The molecular weight excluding hydrogens is 296 g/mol. The zero-order chi connectivity index (χ0) is 16.9. The van der Waals surface area contributed by atoms with Crippen LogP contribution in [0.15, 0.2) is 0 Å². The zero-order valence-corrected chi connectivity index (χ0v) is 12.7. The third-order valence-corrected chi connectivity index (χ3v) is 3.49. The lowest BCUT2D eigenvalue weighted by atomic mass is 9.84. The highest BCUT2D eigenvalue weighted by Gasteiger charge is 2.52. The van der Waals surface area contributed by atoms with E-state index >= 15 is 0 Å². The Kier molecular flexibility index (Phi) is 7.21. The first-order chi connectivity index (χ1) is 10.3. The molecule has 6 atom stereocenters. The van der Waals surface area contributed by atoms with Crippen molar-refractivity contribution in [2.24, 2.45) is 0 Å². The smallest absolute Gasteiger partial charge is 0.306 e. The van der Waals surface area contributed by atoms with E-state index in [9.17, 15) is 30.0 Å². The van der Waals surface area contributed by atoms with Gasteiger partial charge in [-0.05, 0) is 12.8 Å². The van der Waals surface area contributed by atoms with Gasteiger partial charge in [-0.15, -0.1) is 0 Å². The van der Waals surface area contributed by atoms with E-state index in [1.807, 2.05) is 0 Å². The first kappa shape index (κ1) is 18.8. The first-order valence-corrected chi connectivity index (χ1v) is 7.44. The Bertz CT molecular complexity index is 349. The molecule has 0 aromatic carbocycles. The van der Waals surface area contributed by atoms with Crippen molar-refractivity contribution in [3.63, 3.8) is 0 Å². The average Bonchev–Trinajstić information content (AvgIpc) is 2.47. The van der Waals surface area contributed by atoms with E-state index in [0.29, 0.717) is 12.8 Å². The molecule has 8 nitrogen and oxygen atoms in total. The van der Waals surface area contributed by atoms with Gasteiger partial charge in [-0.3, -0.25) is 9.59 Å². The third-order valence-electron chi connectivity index (χ3n) is 3.49. The molecule has 0 bridgehead atoms. The van der Waals surface area contributed by atoms with E-state index in [1.165, 1.54) is 0 Å². The van der Waals surface area contributed by atoms with Gasteiger partial charge in [0.2, 0.25) is 0 Å². The molecule has 0 spiro atoms. The second kappa shape index (κ2) is 8.42. The minimum absolute atomic E-state index is 0.0770. The predicted molar refractivity (Wildman–Crippen MR) is 73.6 cm³/mol. The van der Waals surface area contributed by atoms with Crippen LogP contribution in [-0.2, 0) is 19.1 Å². The van der Waals surface area contributed by atoms with Crippen LogP contribution in [-0.4, -0.2) is 69.0 Å². The van der Waals surface area contributed by atoms with Gasteiger partial charge in [0.15, 0.2) is 12.2 Å². The van der Waals surface area contributed by atoms with Gasteiger partial charge in [-0.1, -0.05) is 13.8 Å². The Morgan fingerprint density at radius 1 is 0.727 bits per heavy atom. The average molecular weight is 320 g/mol. The van der Waals surface area contributed by atoms with Crippen molar-refractivity contribution in [2.75, 3.05) is 0 Å². The molecule has 0 radical (unpaired) electrons. The molecule has 8 heteroatoms. The molecular formula is C14H24O8. The Hall–Kier alpha value is -1.22. The van der Waals surface area contributed by atoms with Gasteiger partial charge >= 0.3 is 11.9 Å². The van der Waals surface area contributed by atoms with E-state index < -0.39 is 48.6 Å². The molecule has 0 saturated heterocycles. The van der Waals surface area contributed by atoms with Gasteiger partial charge in [-0.2, -0.15) is 0 Å². The summed E-state index contributed by atoms with van der Waals surface area (Å²) in [6.45, 7) is 3.51. The molecule has 1 fully saturated rings. The second-order valence-electron chi connectivity index (χ2n) is 5.37. The number of ether oxygens (including phenoxy) is 2. The van der Waals surface area contributed by atoms with Gasteiger partial charge in [0.1, 0.15) is 24.4 Å². The van der Waals surface area contributed by atoms with Crippen molar-refractivity contribution in [1.29, 1.82) is 0 Å². The van der Waals surface area contributed by atoms with Crippen LogP contribution in [0.5, 0.6) is 0 Å². The highest BCUT2D eigenvalue weighted by atomic mass is 16.6. The van der Waals surface area contributed by atoms with E-state index in [0.717, 1.165) is 0 Å². The number of rotatable bonds is 6. The van der Waals surface area contributed by atoms with E-state index in [-0.39, 0.29) is 12.8 Å². The molecule has 0 heterocycles. The van der Waals surface area contributed by atoms with Crippen molar-refractivity contribution < 1.29 is 39.5 Å². The van der Waals surface area contributed by atoms with Crippen molar-refractivity contribution in [2.45, 2.75) is 76.2 Å². The Morgan fingerprint density at radius 3 is 1.32 bits per heavy atom. The number of aliphatic hydroxyl groups excluding tert-OH is 4. The number of hydrogen-bond donors (Lipinski definition) is 4. The van der Waals surface area contributed by atoms with E-state index in [1.54, 1.807) is 13.8 Å². The van der Waals surface area contributed by atoms with Gasteiger partial charge in [-0.25, -0.2) is 0 Å². The Labute approximate surface area is 128 Å². The van der Waals surface area contributed by atoms with Crippen molar-refractivity contribution >= 4 is 11.9 Å². The summed E-state index contributed by atoms with van der Waals surface area (Å²) in [6.07, 6.45) is -8.46. The molecule has 22 heavy (non-hydrogen) atoms. The lowest BCUT2D eigenvalue weighted by Crippen LogP contribution is -2.65. The summed E-state index contributed by atoms with van der Waals surface area (Å²) in [5.74, 6) is -1.31. The Balaban J connectivity index is 2.91. The molecule has 0 aromatic heterocycles. The van der Waals surface area contributed by atoms with Crippen molar-refractivity contribution in [3.8, 4) is 0 Å². The summed E-state index contributed by atoms with van der Waals surface area (Å²) in [5.41, 5.74) is 0. The fraction of sp³-hybridized carbons (Fsp3) is 0.857. The van der Waals surface area contributed by atoms with Crippen LogP contribution in [0.2, 0.25) is 0 Å². The maximum Gasteiger partial charge on any atom is 0.306 e. The minimum Gasteiger partial charge on any atom is -0.455 e. The molecule has 1 rings (SSSR count). The number of hydrogen-bond acceptors (Lipinski definition) is 8. The number of carbonyl (C=O) groups excluding carboxylic acids is 2. The molecule has 1 aliphatic rings. The molecule has 4 N–H and O–H groups in total. The molecule has 128 valence electrons. The number of aliphatic hydroxyl groups is 4. The molecule has 0 aliphatic heterocycles. The molecule has 1 saturated carbocycles. The highest BCUT2D eigenvalue weighted by Crippen LogP contribution is 2.27. The van der Waals surface area contributed by atoms with Gasteiger partial charge in [0.05, 0.1) is 0 Å². The molecule has 0 amide bonds. The van der Waals surface area contributed by atoms with Gasteiger partial charge in [0.25, 0.3) is 0 Å². The lowest BCUT2D eigenvalue weighted by molar-refractivity contribution is -0.241. The predicted octanol–water partition coefficient (Wildman–Crippen LogP) is -1.13. The summed E-state index contributed by atoms with van der Waals surface area (Å²) < 4.78 is 10.1. The van der Waals surface area contributed by atoms with Crippen LogP contribution in [0.25, 0.3) is 0 Å². The summed E-state index contributed by atoms with van der Waals surface area (Å²) in [5, 5.41) is 39.3. The Morgan fingerprint density at radius 2 is 1.05 bits per heavy atom. The lowest BCUT2D eigenvalue weighted by Gasteiger charge is -2.42. The van der Waals surface area contributed by atoms with E-state index in [4.69, 9.17) is 9.47 Å². The summed E-state index contributed by atoms with van der Waals surface area (Å²) in [4.78, 5) is 23.2. The monoisotopic (exact) mass is 320 g/mol. The van der Waals surface area contributed by atoms with Gasteiger partial charge < -0.3 is 29.9 Å². The summed E-state index contributed by atoms with van der Waals surface area (Å²) in [7, 11) is 0. The largest absolute Gasteiger partial charge is 0.455 e. The minimum atomic E-state index is -1.71. The fourth-order valence-corrected chi connectivity index (χ4v) is 2.28. The fourth-order valence-electron chi connectivity index (χ4n) is 2.28. The maximum atomic E-state index is 11.6. The van der Waals surface area contributed by atoms with Gasteiger partial charge in [0, 0.05) is 12.8 Å². The molecule has 1 aliphatic carbocycles. The number of esters is 2. The van der Waals surface area contributed by atoms with Crippen molar-refractivity contribution in [3.05, 3.63) is 0 Å².